The molecule has 3 nitrogen and oxygen atoms in total. The Hall–Kier alpha value is -1.20. The fraction of sp³-hybridized carbons (Fsp3) is 0.357. The van der Waals surface area contributed by atoms with Gasteiger partial charge in [0.05, 0.1) is 22.4 Å². The second-order valence-electron chi connectivity index (χ2n) is 4.42. The van der Waals surface area contributed by atoms with Crippen molar-refractivity contribution in [2.24, 2.45) is 0 Å². The SMILES string of the molecule is CCn1ncc(Br)c1C(NC)c1ccc(F)cc1C. The third-order valence-electron chi connectivity index (χ3n) is 3.24. The monoisotopic (exact) mass is 325 g/mol. The summed E-state index contributed by atoms with van der Waals surface area (Å²) in [5, 5.41) is 7.61. The maximum Gasteiger partial charge on any atom is 0.123 e. The van der Waals surface area contributed by atoms with E-state index in [2.05, 4.69) is 26.3 Å². The minimum atomic E-state index is -0.209. The molecule has 5 heteroatoms. The molecule has 0 saturated carbocycles. The number of hydrogen-bond acceptors (Lipinski definition) is 2. The summed E-state index contributed by atoms with van der Waals surface area (Å²) in [5.41, 5.74) is 3.04. The Morgan fingerprint density at radius 3 is 2.79 bits per heavy atom. The van der Waals surface area contributed by atoms with Crippen LogP contribution in [-0.2, 0) is 6.54 Å². The number of aromatic nitrogens is 2. The zero-order valence-electron chi connectivity index (χ0n) is 11.2. The molecular weight excluding hydrogens is 309 g/mol. The van der Waals surface area contributed by atoms with Crippen LogP contribution in [0, 0.1) is 12.7 Å². The van der Waals surface area contributed by atoms with Gasteiger partial charge in [-0.1, -0.05) is 6.07 Å². The molecule has 0 aliphatic rings. The number of benzene rings is 1. The molecule has 1 unspecified atom stereocenters. The summed E-state index contributed by atoms with van der Waals surface area (Å²) in [6.45, 7) is 4.76. The predicted octanol–water partition coefficient (Wildman–Crippen LogP) is 3.42. The molecule has 0 amide bonds. The van der Waals surface area contributed by atoms with Crippen molar-refractivity contribution >= 4 is 15.9 Å². The summed E-state index contributed by atoms with van der Waals surface area (Å²) < 4.78 is 16.1. The van der Waals surface area contributed by atoms with Crippen LogP contribution in [0.5, 0.6) is 0 Å². The van der Waals surface area contributed by atoms with Crippen LogP contribution in [0.15, 0.2) is 28.9 Å². The maximum atomic E-state index is 13.2. The summed E-state index contributed by atoms with van der Waals surface area (Å²) in [7, 11) is 1.90. The standard InChI is InChI=1S/C14H17BrFN3/c1-4-19-14(12(15)8-18-19)13(17-3)11-6-5-10(16)7-9(11)2/h5-8,13,17H,4H2,1-3H3. The summed E-state index contributed by atoms with van der Waals surface area (Å²) in [5.74, 6) is -0.209. The van der Waals surface area contributed by atoms with Crippen molar-refractivity contribution in [3.05, 3.63) is 51.5 Å². The zero-order chi connectivity index (χ0) is 14.0. The van der Waals surface area contributed by atoms with Crippen molar-refractivity contribution in [1.82, 2.24) is 15.1 Å². The number of aryl methyl sites for hydroxylation is 2. The Morgan fingerprint density at radius 2 is 2.21 bits per heavy atom. The van der Waals surface area contributed by atoms with Gasteiger partial charge in [-0.2, -0.15) is 5.10 Å². The molecule has 0 radical (unpaired) electrons. The summed E-state index contributed by atoms with van der Waals surface area (Å²) in [6.07, 6.45) is 1.79. The molecule has 1 N–H and O–H groups in total. The van der Waals surface area contributed by atoms with E-state index in [9.17, 15) is 4.39 Å². The van der Waals surface area contributed by atoms with Gasteiger partial charge in [0.15, 0.2) is 0 Å². The third kappa shape index (κ3) is 2.72. The third-order valence-corrected chi connectivity index (χ3v) is 3.85. The van der Waals surface area contributed by atoms with Gasteiger partial charge in [-0.3, -0.25) is 4.68 Å². The van der Waals surface area contributed by atoms with E-state index in [-0.39, 0.29) is 11.9 Å². The lowest BCUT2D eigenvalue weighted by Gasteiger charge is -2.20. The smallest absolute Gasteiger partial charge is 0.123 e. The van der Waals surface area contributed by atoms with Crippen molar-refractivity contribution < 1.29 is 4.39 Å². The van der Waals surface area contributed by atoms with Gasteiger partial charge in [0.25, 0.3) is 0 Å². The maximum absolute atomic E-state index is 13.2. The molecule has 2 rings (SSSR count). The summed E-state index contributed by atoms with van der Waals surface area (Å²) in [4.78, 5) is 0. The van der Waals surface area contributed by atoms with Crippen LogP contribution in [0.25, 0.3) is 0 Å². The highest BCUT2D eigenvalue weighted by molar-refractivity contribution is 9.10. The lowest BCUT2D eigenvalue weighted by molar-refractivity contribution is 0.558. The quantitative estimate of drug-likeness (QED) is 0.933. The highest BCUT2D eigenvalue weighted by Gasteiger charge is 2.21. The Balaban J connectivity index is 2.52. The molecule has 19 heavy (non-hydrogen) atoms. The first-order chi connectivity index (χ1) is 9.08. The molecule has 102 valence electrons. The van der Waals surface area contributed by atoms with E-state index in [0.717, 1.165) is 27.8 Å². The molecule has 1 aromatic carbocycles. The zero-order valence-corrected chi connectivity index (χ0v) is 12.8. The molecule has 0 bridgehead atoms. The van der Waals surface area contributed by atoms with Crippen molar-refractivity contribution in [2.45, 2.75) is 26.4 Å². The highest BCUT2D eigenvalue weighted by Crippen LogP contribution is 2.30. The van der Waals surface area contributed by atoms with E-state index < -0.39 is 0 Å². The number of hydrogen-bond donors (Lipinski definition) is 1. The van der Waals surface area contributed by atoms with Crippen LogP contribution in [0.3, 0.4) is 0 Å². The van der Waals surface area contributed by atoms with E-state index in [0.29, 0.717) is 0 Å². The second kappa shape index (κ2) is 5.84. The average Bonchev–Trinajstić information content (AvgIpc) is 2.74. The molecule has 0 aliphatic heterocycles. The molecule has 1 atom stereocenters. The van der Waals surface area contributed by atoms with E-state index >= 15 is 0 Å². The topological polar surface area (TPSA) is 29.9 Å². The van der Waals surface area contributed by atoms with Gasteiger partial charge in [-0.15, -0.1) is 0 Å². The van der Waals surface area contributed by atoms with Gasteiger partial charge in [0.2, 0.25) is 0 Å². The lowest BCUT2D eigenvalue weighted by Crippen LogP contribution is -2.22. The van der Waals surface area contributed by atoms with Crippen molar-refractivity contribution in [2.75, 3.05) is 7.05 Å². The summed E-state index contributed by atoms with van der Waals surface area (Å²) >= 11 is 3.54. The fourth-order valence-electron chi connectivity index (χ4n) is 2.31. The van der Waals surface area contributed by atoms with Gasteiger partial charge in [0.1, 0.15) is 5.82 Å². The van der Waals surface area contributed by atoms with Crippen LogP contribution in [-0.4, -0.2) is 16.8 Å². The Labute approximate surface area is 121 Å². The van der Waals surface area contributed by atoms with Crippen LogP contribution >= 0.6 is 15.9 Å². The van der Waals surface area contributed by atoms with E-state index in [1.165, 1.54) is 6.07 Å². The molecule has 1 aromatic heterocycles. The largest absolute Gasteiger partial charge is 0.308 e. The average molecular weight is 326 g/mol. The number of rotatable bonds is 4. The van der Waals surface area contributed by atoms with Gasteiger partial charge in [-0.05, 0) is 60.1 Å². The van der Waals surface area contributed by atoms with Gasteiger partial charge in [0, 0.05) is 6.54 Å². The van der Waals surface area contributed by atoms with Gasteiger partial charge < -0.3 is 5.32 Å². The molecule has 0 saturated heterocycles. The van der Waals surface area contributed by atoms with Crippen molar-refractivity contribution in [3.63, 3.8) is 0 Å². The molecule has 0 fully saturated rings. The predicted molar refractivity (Wildman–Crippen MR) is 77.6 cm³/mol. The lowest BCUT2D eigenvalue weighted by atomic mass is 9.98. The number of nitrogens with zero attached hydrogens (tertiary/aromatic N) is 2. The minimum absolute atomic E-state index is 0.0163. The van der Waals surface area contributed by atoms with E-state index in [1.807, 2.05) is 31.6 Å². The first-order valence-electron chi connectivity index (χ1n) is 6.23. The molecule has 2 aromatic rings. The van der Waals surface area contributed by atoms with Crippen LogP contribution in [0.1, 0.15) is 29.8 Å². The van der Waals surface area contributed by atoms with E-state index in [4.69, 9.17) is 0 Å². The molecule has 0 spiro atoms. The Bertz CT molecular complexity index is 580. The first-order valence-corrected chi connectivity index (χ1v) is 7.02. The highest BCUT2D eigenvalue weighted by atomic mass is 79.9. The Kier molecular flexibility index (Phi) is 4.37. The van der Waals surface area contributed by atoms with Crippen LogP contribution < -0.4 is 5.32 Å². The van der Waals surface area contributed by atoms with E-state index in [1.54, 1.807) is 12.3 Å². The first kappa shape index (κ1) is 14.2. The normalized spacial score (nSPS) is 12.7. The minimum Gasteiger partial charge on any atom is -0.308 e. The Morgan fingerprint density at radius 1 is 1.47 bits per heavy atom. The second-order valence-corrected chi connectivity index (χ2v) is 5.27. The van der Waals surface area contributed by atoms with Crippen molar-refractivity contribution in [3.8, 4) is 0 Å². The van der Waals surface area contributed by atoms with Crippen LogP contribution in [0.4, 0.5) is 4.39 Å². The van der Waals surface area contributed by atoms with Crippen LogP contribution in [0.2, 0.25) is 0 Å². The van der Waals surface area contributed by atoms with Crippen molar-refractivity contribution in [1.29, 1.82) is 0 Å². The number of halogens is 2. The van der Waals surface area contributed by atoms with Gasteiger partial charge >= 0.3 is 0 Å². The molecule has 0 aliphatic carbocycles. The summed E-state index contributed by atoms with van der Waals surface area (Å²) in [6, 6.07) is 4.86. The number of nitrogens with one attached hydrogen (secondary N) is 1. The molecule has 1 heterocycles. The van der Waals surface area contributed by atoms with Gasteiger partial charge in [-0.25, -0.2) is 4.39 Å². The fourth-order valence-corrected chi connectivity index (χ4v) is 2.84. The molecular formula is C14H17BrFN3.